The zero-order chi connectivity index (χ0) is 12.4. The van der Waals surface area contributed by atoms with Gasteiger partial charge in [0, 0.05) is 31.4 Å². The minimum Gasteiger partial charge on any atom is -0.314 e. The molecule has 3 rings (SSSR count). The lowest BCUT2D eigenvalue weighted by Crippen LogP contribution is -2.51. The first kappa shape index (κ1) is 12.1. The zero-order valence-electron chi connectivity index (χ0n) is 11.2. The van der Waals surface area contributed by atoms with Gasteiger partial charge >= 0.3 is 0 Å². The minimum atomic E-state index is 0.778. The summed E-state index contributed by atoms with van der Waals surface area (Å²) in [5.41, 5.74) is 2.35. The molecule has 0 aliphatic carbocycles. The van der Waals surface area contributed by atoms with Crippen molar-refractivity contribution in [3.8, 4) is 0 Å². The predicted molar refractivity (Wildman–Crippen MR) is 73.4 cm³/mol. The molecule has 2 fully saturated rings. The lowest BCUT2D eigenvalue weighted by Gasteiger charge is -2.41. The first-order chi connectivity index (χ1) is 8.81. The van der Waals surface area contributed by atoms with Gasteiger partial charge < -0.3 is 5.32 Å². The topological polar surface area (TPSA) is 28.2 Å². The van der Waals surface area contributed by atoms with Gasteiger partial charge in [-0.2, -0.15) is 0 Å². The van der Waals surface area contributed by atoms with Crippen LogP contribution in [0.3, 0.4) is 0 Å². The fourth-order valence-corrected chi connectivity index (χ4v) is 3.38. The number of likely N-dealkylation sites (tertiary alicyclic amines) is 1. The number of aromatic nitrogens is 1. The highest BCUT2D eigenvalue weighted by atomic mass is 15.2. The molecular formula is C15H23N3. The van der Waals surface area contributed by atoms with E-state index in [1.165, 1.54) is 44.6 Å². The van der Waals surface area contributed by atoms with E-state index >= 15 is 0 Å². The van der Waals surface area contributed by atoms with E-state index in [0.29, 0.717) is 0 Å². The Kier molecular flexibility index (Phi) is 3.62. The highest BCUT2D eigenvalue weighted by Gasteiger charge is 2.30. The second kappa shape index (κ2) is 5.37. The molecule has 3 heteroatoms. The number of hydrogen-bond donors (Lipinski definition) is 1. The van der Waals surface area contributed by atoms with Crippen LogP contribution in [-0.2, 0) is 6.54 Å². The highest BCUT2D eigenvalue weighted by molar-refractivity contribution is 5.10. The van der Waals surface area contributed by atoms with E-state index in [-0.39, 0.29) is 0 Å². The fourth-order valence-electron chi connectivity index (χ4n) is 3.38. The first-order valence-electron chi connectivity index (χ1n) is 7.19. The third-order valence-electron chi connectivity index (χ3n) is 4.31. The van der Waals surface area contributed by atoms with Crippen LogP contribution in [0.15, 0.2) is 18.2 Å². The van der Waals surface area contributed by atoms with E-state index in [9.17, 15) is 0 Å². The van der Waals surface area contributed by atoms with Crippen molar-refractivity contribution in [2.24, 2.45) is 5.92 Å². The summed E-state index contributed by atoms with van der Waals surface area (Å²) in [5, 5.41) is 3.67. The van der Waals surface area contributed by atoms with E-state index in [1.807, 2.05) is 0 Å². The Morgan fingerprint density at radius 3 is 3.22 bits per heavy atom. The summed E-state index contributed by atoms with van der Waals surface area (Å²) in [6, 6.07) is 7.12. The molecule has 1 aromatic heterocycles. The maximum atomic E-state index is 4.61. The van der Waals surface area contributed by atoms with Crippen LogP contribution >= 0.6 is 0 Å². The smallest absolute Gasteiger partial charge is 0.0547 e. The highest BCUT2D eigenvalue weighted by Crippen LogP contribution is 2.25. The van der Waals surface area contributed by atoms with Gasteiger partial charge in [0.25, 0.3) is 0 Å². The summed E-state index contributed by atoms with van der Waals surface area (Å²) in [4.78, 5) is 7.19. The molecule has 3 heterocycles. The van der Waals surface area contributed by atoms with Gasteiger partial charge in [-0.3, -0.25) is 9.88 Å². The predicted octanol–water partition coefficient (Wildman–Crippen LogP) is 1.96. The molecule has 0 amide bonds. The average Bonchev–Trinajstić information content (AvgIpc) is 2.39. The van der Waals surface area contributed by atoms with Crippen LogP contribution in [0.4, 0.5) is 0 Å². The fraction of sp³-hybridized carbons (Fsp3) is 0.667. The lowest BCUT2D eigenvalue weighted by molar-refractivity contribution is 0.108. The second-order valence-electron chi connectivity index (χ2n) is 5.76. The van der Waals surface area contributed by atoms with E-state index in [4.69, 9.17) is 0 Å². The summed E-state index contributed by atoms with van der Waals surface area (Å²) < 4.78 is 0. The number of hydrogen-bond acceptors (Lipinski definition) is 3. The van der Waals surface area contributed by atoms with Crippen LogP contribution in [0, 0.1) is 12.8 Å². The van der Waals surface area contributed by atoms with E-state index in [2.05, 4.69) is 40.3 Å². The summed E-state index contributed by atoms with van der Waals surface area (Å²) in [6.07, 6.45) is 4.05. The molecule has 0 bridgehead atoms. The third kappa shape index (κ3) is 2.73. The van der Waals surface area contributed by atoms with E-state index < -0.39 is 0 Å². The van der Waals surface area contributed by atoms with Crippen LogP contribution in [0.1, 0.15) is 30.7 Å². The van der Waals surface area contributed by atoms with Crippen molar-refractivity contribution in [3.05, 3.63) is 29.6 Å². The number of aryl methyl sites for hydroxylation is 1. The lowest BCUT2D eigenvalue weighted by atomic mass is 9.85. The minimum absolute atomic E-state index is 0.778. The SMILES string of the molecule is Cc1cccc(CN2CCC3NCCCC3C2)n1. The second-order valence-corrected chi connectivity index (χ2v) is 5.76. The molecule has 2 aliphatic heterocycles. The number of nitrogens with one attached hydrogen (secondary N) is 1. The summed E-state index contributed by atoms with van der Waals surface area (Å²) >= 11 is 0. The summed E-state index contributed by atoms with van der Waals surface area (Å²) in [7, 11) is 0. The van der Waals surface area contributed by atoms with Gasteiger partial charge in [0.2, 0.25) is 0 Å². The van der Waals surface area contributed by atoms with Crippen LogP contribution in [0.25, 0.3) is 0 Å². The molecule has 2 aliphatic rings. The molecule has 2 unspecified atom stereocenters. The standard InChI is InChI=1S/C15H23N3/c1-12-4-2-6-14(17-12)11-18-9-7-15-13(10-18)5-3-8-16-15/h2,4,6,13,15-16H,3,5,7-11H2,1H3. The maximum Gasteiger partial charge on any atom is 0.0547 e. The molecule has 0 aromatic carbocycles. The van der Waals surface area contributed by atoms with Gasteiger partial charge in [-0.1, -0.05) is 6.07 Å². The summed E-state index contributed by atoms with van der Waals surface area (Å²) in [5.74, 6) is 0.859. The van der Waals surface area contributed by atoms with Crippen molar-refractivity contribution in [1.82, 2.24) is 15.2 Å². The van der Waals surface area contributed by atoms with Crippen LogP contribution in [0.2, 0.25) is 0 Å². The molecule has 0 radical (unpaired) electrons. The van der Waals surface area contributed by atoms with Gasteiger partial charge in [0.05, 0.1) is 5.69 Å². The summed E-state index contributed by atoms with van der Waals surface area (Å²) in [6.45, 7) is 6.77. The molecular weight excluding hydrogens is 222 g/mol. The normalized spacial score (nSPS) is 28.9. The van der Waals surface area contributed by atoms with Gasteiger partial charge in [-0.15, -0.1) is 0 Å². The molecule has 1 N–H and O–H groups in total. The molecule has 2 atom stereocenters. The Hall–Kier alpha value is -0.930. The van der Waals surface area contributed by atoms with Crippen molar-refractivity contribution in [1.29, 1.82) is 0 Å². The molecule has 98 valence electrons. The van der Waals surface area contributed by atoms with Gasteiger partial charge in [0.1, 0.15) is 0 Å². The zero-order valence-corrected chi connectivity index (χ0v) is 11.2. The first-order valence-corrected chi connectivity index (χ1v) is 7.19. The van der Waals surface area contributed by atoms with Crippen molar-refractivity contribution >= 4 is 0 Å². The van der Waals surface area contributed by atoms with Crippen molar-refractivity contribution in [3.63, 3.8) is 0 Å². The Balaban J connectivity index is 1.61. The Labute approximate surface area is 110 Å². The van der Waals surface area contributed by atoms with Crippen molar-refractivity contribution < 1.29 is 0 Å². The van der Waals surface area contributed by atoms with Crippen LogP contribution in [-0.4, -0.2) is 35.6 Å². The van der Waals surface area contributed by atoms with Crippen molar-refractivity contribution in [2.75, 3.05) is 19.6 Å². The Morgan fingerprint density at radius 1 is 1.39 bits per heavy atom. The molecule has 18 heavy (non-hydrogen) atoms. The number of rotatable bonds is 2. The van der Waals surface area contributed by atoms with Crippen LogP contribution < -0.4 is 5.32 Å². The van der Waals surface area contributed by atoms with Crippen molar-refractivity contribution in [2.45, 2.75) is 38.8 Å². The largest absolute Gasteiger partial charge is 0.314 e. The molecule has 3 nitrogen and oxygen atoms in total. The molecule has 0 saturated carbocycles. The van der Waals surface area contributed by atoms with Gasteiger partial charge in [0.15, 0.2) is 0 Å². The average molecular weight is 245 g/mol. The van der Waals surface area contributed by atoms with Gasteiger partial charge in [-0.25, -0.2) is 0 Å². The maximum absolute atomic E-state index is 4.61. The monoisotopic (exact) mass is 245 g/mol. The quantitative estimate of drug-likeness (QED) is 0.863. The van der Waals surface area contributed by atoms with Crippen LogP contribution in [0.5, 0.6) is 0 Å². The number of piperidine rings is 2. The number of nitrogens with zero attached hydrogens (tertiary/aromatic N) is 2. The molecule has 2 saturated heterocycles. The third-order valence-corrected chi connectivity index (χ3v) is 4.31. The van der Waals surface area contributed by atoms with Gasteiger partial charge in [-0.05, 0) is 50.8 Å². The number of fused-ring (bicyclic) bond motifs is 1. The van der Waals surface area contributed by atoms with E-state index in [1.54, 1.807) is 0 Å². The number of pyridine rings is 1. The Morgan fingerprint density at radius 2 is 2.33 bits per heavy atom. The Bertz CT molecular complexity index is 404. The van der Waals surface area contributed by atoms with E-state index in [0.717, 1.165) is 24.2 Å². The molecule has 1 aromatic rings. The molecule has 0 spiro atoms.